The first-order valence-electron chi connectivity index (χ1n) is 6.62. The standard InChI is InChI=1S/C16H18N4/c1-20(11-5-8-13-6-3-2-4-7-13)16-10-9-14(18)15(12-17)19-16/h2-4,6-7,9-10H,5,8,11,18H2,1H3. The lowest BCUT2D eigenvalue weighted by Gasteiger charge is -2.18. The number of nitrogen functional groups attached to an aromatic ring is 1. The molecule has 0 aliphatic carbocycles. The fraction of sp³-hybridized carbons (Fsp3) is 0.250. The number of rotatable bonds is 5. The Morgan fingerprint density at radius 2 is 1.95 bits per heavy atom. The van der Waals surface area contributed by atoms with Gasteiger partial charge in [0.15, 0.2) is 5.69 Å². The molecule has 0 spiro atoms. The topological polar surface area (TPSA) is 65.9 Å². The maximum absolute atomic E-state index is 8.94. The highest BCUT2D eigenvalue weighted by Crippen LogP contribution is 2.15. The van der Waals surface area contributed by atoms with Gasteiger partial charge in [0, 0.05) is 13.6 Å². The summed E-state index contributed by atoms with van der Waals surface area (Å²) in [5.41, 5.74) is 7.72. The first kappa shape index (κ1) is 13.9. The zero-order valence-corrected chi connectivity index (χ0v) is 11.6. The summed E-state index contributed by atoms with van der Waals surface area (Å²) in [7, 11) is 1.98. The molecule has 0 saturated heterocycles. The summed E-state index contributed by atoms with van der Waals surface area (Å²) >= 11 is 0. The smallest absolute Gasteiger partial charge is 0.165 e. The van der Waals surface area contributed by atoms with Crippen LogP contribution in [0.4, 0.5) is 11.5 Å². The Balaban J connectivity index is 1.92. The molecule has 0 aliphatic heterocycles. The summed E-state index contributed by atoms with van der Waals surface area (Å²) in [5.74, 6) is 0.781. The number of nitrogens with zero attached hydrogens (tertiary/aromatic N) is 3. The van der Waals surface area contributed by atoms with Crippen LogP contribution in [0.5, 0.6) is 0 Å². The van der Waals surface area contributed by atoms with Crippen molar-refractivity contribution in [2.45, 2.75) is 12.8 Å². The van der Waals surface area contributed by atoms with E-state index in [2.05, 4.69) is 29.2 Å². The summed E-state index contributed by atoms with van der Waals surface area (Å²) < 4.78 is 0. The molecule has 4 nitrogen and oxygen atoms in total. The normalized spacial score (nSPS) is 10.0. The molecule has 0 saturated carbocycles. The van der Waals surface area contributed by atoms with Gasteiger partial charge in [0.1, 0.15) is 11.9 Å². The molecule has 1 aromatic carbocycles. The molecule has 20 heavy (non-hydrogen) atoms. The van der Waals surface area contributed by atoms with E-state index in [-0.39, 0.29) is 5.69 Å². The lowest BCUT2D eigenvalue weighted by Crippen LogP contribution is -2.20. The molecular formula is C16H18N4. The molecule has 1 heterocycles. The summed E-state index contributed by atoms with van der Waals surface area (Å²) in [5, 5.41) is 8.94. The van der Waals surface area contributed by atoms with Crippen molar-refractivity contribution < 1.29 is 0 Å². The van der Waals surface area contributed by atoms with E-state index in [0.29, 0.717) is 5.69 Å². The SMILES string of the molecule is CN(CCCc1ccccc1)c1ccc(N)c(C#N)n1. The van der Waals surface area contributed by atoms with Crippen LogP contribution in [0, 0.1) is 11.3 Å². The number of nitrogens with two attached hydrogens (primary N) is 1. The van der Waals surface area contributed by atoms with Gasteiger partial charge in [-0.3, -0.25) is 0 Å². The largest absolute Gasteiger partial charge is 0.396 e. The minimum Gasteiger partial charge on any atom is -0.396 e. The van der Waals surface area contributed by atoms with Crippen LogP contribution in [0.25, 0.3) is 0 Å². The van der Waals surface area contributed by atoms with Crippen LogP contribution < -0.4 is 10.6 Å². The lowest BCUT2D eigenvalue weighted by atomic mass is 10.1. The molecular weight excluding hydrogens is 248 g/mol. The molecule has 1 aromatic heterocycles. The van der Waals surface area contributed by atoms with Crippen molar-refractivity contribution in [1.29, 1.82) is 5.26 Å². The first-order valence-corrected chi connectivity index (χ1v) is 6.62. The summed E-state index contributed by atoms with van der Waals surface area (Å²) in [6.45, 7) is 0.886. The average Bonchev–Trinajstić information content (AvgIpc) is 2.48. The van der Waals surface area contributed by atoms with Gasteiger partial charge in [-0.1, -0.05) is 30.3 Å². The molecule has 0 aliphatic rings. The Bertz CT molecular complexity index is 602. The quantitative estimate of drug-likeness (QED) is 0.903. The minimum atomic E-state index is 0.289. The van der Waals surface area contributed by atoms with Crippen molar-refractivity contribution in [2.75, 3.05) is 24.2 Å². The zero-order chi connectivity index (χ0) is 14.4. The fourth-order valence-corrected chi connectivity index (χ4v) is 2.04. The zero-order valence-electron chi connectivity index (χ0n) is 11.6. The van der Waals surface area contributed by atoms with Crippen LogP contribution in [0.2, 0.25) is 0 Å². The molecule has 0 amide bonds. The van der Waals surface area contributed by atoms with Crippen LogP contribution in [-0.2, 0) is 6.42 Å². The molecule has 102 valence electrons. The lowest BCUT2D eigenvalue weighted by molar-refractivity contribution is 0.777. The Kier molecular flexibility index (Phi) is 4.56. The van der Waals surface area contributed by atoms with Crippen LogP contribution >= 0.6 is 0 Å². The van der Waals surface area contributed by atoms with E-state index in [4.69, 9.17) is 11.0 Å². The molecule has 0 fully saturated rings. The number of nitriles is 1. The van der Waals surface area contributed by atoms with E-state index >= 15 is 0 Å². The Morgan fingerprint density at radius 3 is 2.65 bits per heavy atom. The maximum atomic E-state index is 8.94. The molecule has 2 aromatic rings. The highest BCUT2D eigenvalue weighted by atomic mass is 15.2. The van der Waals surface area contributed by atoms with Gasteiger partial charge >= 0.3 is 0 Å². The van der Waals surface area contributed by atoms with Crippen LogP contribution in [-0.4, -0.2) is 18.6 Å². The molecule has 0 atom stereocenters. The Hall–Kier alpha value is -2.54. The van der Waals surface area contributed by atoms with E-state index in [1.165, 1.54) is 5.56 Å². The molecule has 2 rings (SSSR count). The Morgan fingerprint density at radius 1 is 1.20 bits per heavy atom. The monoisotopic (exact) mass is 266 g/mol. The minimum absolute atomic E-state index is 0.289. The summed E-state index contributed by atoms with van der Waals surface area (Å²) in [6.07, 6.45) is 2.07. The van der Waals surface area contributed by atoms with Crippen LogP contribution in [0.1, 0.15) is 17.7 Å². The number of hydrogen-bond donors (Lipinski definition) is 1. The highest BCUT2D eigenvalue weighted by Gasteiger charge is 2.06. The van der Waals surface area contributed by atoms with Crippen molar-refractivity contribution in [3.63, 3.8) is 0 Å². The highest BCUT2D eigenvalue weighted by molar-refractivity contribution is 5.55. The van der Waals surface area contributed by atoms with Crippen molar-refractivity contribution in [1.82, 2.24) is 4.98 Å². The van der Waals surface area contributed by atoms with Crippen LogP contribution in [0.3, 0.4) is 0 Å². The number of benzene rings is 1. The van der Waals surface area contributed by atoms with E-state index in [0.717, 1.165) is 25.2 Å². The molecule has 2 N–H and O–H groups in total. The van der Waals surface area contributed by atoms with Crippen molar-refractivity contribution in [3.8, 4) is 6.07 Å². The Labute approximate surface area is 119 Å². The maximum Gasteiger partial charge on any atom is 0.165 e. The molecule has 4 heteroatoms. The second-order valence-corrected chi connectivity index (χ2v) is 4.73. The van der Waals surface area contributed by atoms with Gasteiger partial charge in [-0.25, -0.2) is 4.98 Å². The van der Waals surface area contributed by atoms with Crippen molar-refractivity contribution in [2.24, 2.45) is 0 Å². The second kappa shape index (κ2) is 6.58. The second-order valence-electron chi connectivity index (χ2n) is 4.73. The number of hydrogen-bond acceptors (Lipinski definition) is 4. The number of aromatic nitrogens is 1. The molecule has 0 unspecified atom stereocenters. The number of anilines is 2. The fourth-order valence-electron chi connectivity index (χ4n) is 2.04. The van der Waals surface area contributed by atoms with Crippen molar-refractivity contribution >= 4 is 11.5 Å². The van der Waals surface area contributed by atoms with Crippen molar-refractivity contribution in [3.05, 3.63) is 53.7 Å². The third-order valence-corrected chi connectivity index (χ3v) is 3.21. The average molecular weight is 266 g/mol. The third kappa shape index (κ3) is 3.48. The van der Waals surface area contributed by atoms with Crippen LogP contribution in [0.15, 0.2) is 42.5 Å². The first-order chi connectivity index (χ1) is 9.70. The van der Waals surface area contributed by atoms with Gasteiger partial charge in [-0.05, 0) is 30.5 Å². The molecule has 0 bridgehead atoms. The van der Waals surface area contributed by atoms with Gasteiger partial charge in [-0.2, -0.15) is 5.26 Å². The summed E-state index contributed by atoms with van der Waals surface area (Å²) in [6, 6.07) is 16.0. The van der Waals surface area contributed by atoms with Gasteiger partial charge < -0.3 is 10.6 Å². The number of aryl methyl sites for hydroxylation is 1. The van der Waals surface area contributed by atoms with Gasteiger partial charge in [0.25, 0.3) is 0 Å². The third-order valence-electron chi connectivity index (χ3n) is 3.21. The molecule has 0 radical (unpaired) electrons. The van der Waals surface area contributed by atoms with Gasteiger partial charge in [0.05, 0.1) is 5.69 Å². The van der Waals surface area contributed by atoms with Gasteiger partial charge in [-0.15, -0.1) is 0 Å². The van der Waals surface area contributed by atoms with E-state index in [1.54, 1.807) is 6.07 Å². The summed E-state index contributed by atoms with van der Waals surface area (Å²) in [4.78, 5) is 6.30. The van der Waals surface area contributed by atoms with E-state index < -0.39 is 0 Å². The van der Waals surface area contributed by atoms with Gasteiger partial charge in [0.2, 0.25) is 0 Å². The van der Waals surface area contributed by atoms with E-state index in [1.807, 2.05) is 30.1 Å². The number of pyridine rings is 1. The predicted molar refractivity (Wildman–Crippen MR) is 81.4 cm³/mol. The predicted octanol–water partition coefficient (Wildman–Crippen LogP) is 2.60. The van der Waals surface area contributed by atoms with E-state index in [9.17, 15) is 0 Å².